The van der Waals surface area contributed by atoms with Crippen molar-refractivity contribution in [3.05, 3.63) is 35.4 Å². The fourth-order valence-electron chi connectivity index (χ4n) is 1.14. The van der Waals surface area contributed by atoms with Crippen LogP contribution < -0.4 is 0 Å². The van der Waals surface area contributed by atoms with Crippen molar-refractivity contribution in [2.24, 2.45) is 0 Å². The van der Waals surface area contributed by atoms with E-state index < -0.39 is 11.7 Å². The minimum atomic E-state index is -4.40. The lowest BCUT2D eigenvalue weighted by Gasteiger charge is -2.08. The largest absolute Gasteiger partial charge is 0.507 e. The first-order valence-electron chi connectivity index (χ1n) is 4.58. The van der Waals surface area contributed by atoms with Gasteiger partial charge in [0.05, 0.1) is 5.56 Å². The van der Waals surface area contributed by atoms with Crippen molar-refractivity contribution < 1.29 is 18.3 Å². The van der Waals surface area contributed by atoms with Crippen molar-refractivity contribution in [1.82, 2.24) is 0 Å². The molecule has 0 fully saturated rings. The van der Waals surface area contributed by atoms with Gasteiger partial charge in [0.1, 0.15) is 5.75 Å². The van der Waals surface area contributed by atoms with Crippen molar-refractivity contribution in [2.75, 3.05) is 5.88 Å². The first kappa shape index (κ1) is 12.9. The summed E-state index contributed by atoms with van der Waals surface area (Å²) < 4.78 is 37.1. The molecule has 5 heteroatoms. The van der Waals surface area contributed by atoms with Crippen LogP contribution in [0.25, 0.3) is 6.08 Å². The molecule has 0 aromatic heterocycles. The van der Waals surface area contributed by atoms with Gasteiger partial charge in [-0.15, -0.1) is 11.6 Å². The van der Waals surface area contributed by atoms with Crippen molar-refractivity contribution in [3.8, 4) is 5.75 Å². The second-order valence-corrected chi connectivity index (χ2v) is 3.53. The SMILES string of the molecule is Oc1ccc(C(F)(F)F)cc1C=CCCCl. The molecule has 0 saturated carbocycles. The molecule has 0 radical (unpaired) electrons. The molecule has 0 saturated heterocycles. The third-order valence-electron chi connectivity index (χ3n) is 1.93. The molecule has 1 aromatic carbocycles. The zero-order valence-corrected chi connectivity index (χ0v) is 9.02. The molecule has 0 aliphatic heterocycles. The van der Waals surface area contributed by atoms with Crippen LogP contribution in [0.1, 0.15) is 17.5 Å². The highest BCUT2D eigenvalue weighted by atomic mass is 35.5. The van der Waals surface area contributed by atoms with Crippen LogP contribution >= 0.6 is 11.6 Å². The highest BCUT2D eigenvalue weighted by molar-refractivity contribution is 6.17. The molecule has 1 rings (SSSR count). The minimum Gasteiger partial charge on any atom is -0.507 e. The lowest BCUT2D eigenvalue weighted by molar-refractivity contribution is -0.137. The Kier molecular flexibility index (Phi) is 4.24. The average Bonchev–Trinajstić information content (AvgIpc) is 2.19. The highest BCUT2D eigenvalue weighted by Gasteiger charge is 2.30. The summed E-state index contributed by atoms with van der Waals surface area (Å²) in [6.45, 7) is 0. The fraction of sp³-hybridized carbons (Fsp3) is 0.273. The first-order valence-corrected chi connectivity index (χ1v) is 5.11. The van der Waals surface area contributed by atoms with Gasteiger partial charge in [-0.05, 0) is 24.6 Å². The normalized spacial score (nSPS) is 12.2. The monoisotopic (exact) mass is 250 g/mol. The van der Waals surface area contributed by atoms with Gasteiger partial charge in [-0.25, -0.2) is 0 Å². The Bertz CT molecular complexity index is 385. The Balaban J connectivity index is 3.00. The van der Waals surface area contributed by atoms with E-state index in [1.807, 2.05) is 0 Å². The highest BCUT2D eigenvalue weighted by Crippen LogP contribution is 2.32. The van der Waals surface area contributed by atoms with Crippen molar-refractivity contribution in [1.29, 1.82) is 0 Å². The molecule has 1 N–H and O–H groups in total. The molecule has 0 heterocycles. The Morgan fingerprint density at radius 2 is 2.00 bits per heavy atom. The third-order valence-corrected chi connectivity index (χ3v) is 2.15. The Morgan fingerprint density at radius 1 is 1.31 bits per heavy atom. The number of phenolic OH excluding ortho intramolecular Hbond substituents is 1. The average molecular weight is 251 g/mol. The summed E-state index contributed by atoms with van der Waals surface area (Å²) in [6, 6.07) is 2.78. The number of hydrogen-bond acceptors (Lipinski definition) is 1. The molecule has 0 bridgehead atoms. The van der Waals surface area contributed by atoms with Crippen molar-refractivity contribution >= 4 is 17.7 Å². The van der Waals surface area contributed by atoms with Crippen LogP contribution in [-0.4, -0.2) is 11.0 Å². The summed E-state index contributed by atoms with van der Waals surface area (Å²) in [4.78, 5) is 0. The van der Waals surface area contributed by atoms with Crippen LogP contribution in [0.2, 0.25) is 0 Å². The molecule has 0 unspecified atom stereocenters. The van der Waals surface area contributed by atoms with E-state index in [0.717, 1.165) is 18.2 Å². The van der Waals surface area contributed by atoms with E-state index >= 15 is 0 Å². The molecule has 16 heavy (non-hydrogen) atoms. The van der Waals surface area contributed by atoms with Crippen LogP contribution in [-0.2, 0) is 6.18 Å². The molecule has 1 aromatic rings. The molecule has 0 amide bonds. The number of alkyl halides is 4. The van der Waals surface area contributed by atoms with E-state index in [1.165, 1.54) is 6.08 Å². The molecule has 88 valence electrons. The van der Waals surface area contributed by atoms with Gasteiger partial charge in [-0.2, -0.15) is 13.2 Å². The predicted molar refractivity (Wildman–Crippen MR) is 57.5 cm³/mol. The van der Waals surface area contributed by atoms with E-state index in [9.17, 15) is 18.3 Å². The lowest BCUT2D eigenvalue weighted by atomic mass is 10.1. The van der Waals surface area contributed by atoms with Crippen molar-refractivity contribution in [3.63, 3.8) is 0 Å². The zero-order chi connectivity index (χ0) is 12.2. The minimum absolute atomic E-state index is 0.139. The summed E-state index contributed by atoms with van der Waals surface area (Å²) in [5.74, 6) is 0.203. The van der Waals surface area contributed by atoms with Crippen LogP contribution in [0, 0.1) is 0 Å². The molecular weight excluding hydrogens is 241 g/mol. The van der Waals surface area contributed by atoms with Gasteiger partial charge in [0.2, 0.25) is 0 Å². The molecule has 0 atom stereocenters. The maximum absolute atomic E-state index is 12.4. The van der Waals surface area contributed by atoms with Crippen LogP contribution in [0.5, 0.6) is 5.75 Å². The van der Waals surface area contributed by atoms with Gasteiger partial charge < -0.3 is 5.11 Å². The lowest BCUT2D eigenvalue weighted by Crippen LogP contribution is -2.04. The Labute approximate surface area is 96.2 Å². The number of phenols is 1. The zero-order valence-electron chi connectivity index (χ0n) is 8.26. The van der Waals surface area contributed by atoms with E-state index in [2.05, 4.69) is 0 Å². The number of halogens is 4. The summed E-state index contributed by atoms with van der Waals surface area (Å²) in [7, 11) is 0. The number of benzene rings is 1. The predicted octanol–water partition coefficient (Wildman–Crippen LogP) is 4.05. The Morgan fingerprint density at radius 3 is 2.56 bits per heavy atom. The molecule has 0 aliphatic rings. The Hall–Kier alpha value is -1.16. The van der Waals surface area contributed by atoms with Gasteiger partial charge in [0.25, 0.3) is 0 Å². The fourth-order valence-corrected chi connectivity index (χ4v) is 1.26. The second-order valence-electron chi connectivity index (χ2n) is 3.15. The van der Waals surface area contributed by atoms with Crippen molar-refractivity contribution in [2.45, 2.75) is 12.6 Å². The summed E-state index contributed by atoms with van der Waals surface area (Å²) in [6.07, 6.45) is -0.824. The maximum atomic E-state index is 12.4. The first-order chi connectivity index (χ1) is 7.45. The maximum Gasteiger partial charge on any atom is 0.416 e. The van der Waals surface area contributed by atoms with Gasteiger partial charge in [0, 0.05) is 11.4 Å². The molecular formula is C11H10ClF3O. The number of allylic oxidation sites excluding steroid dienone is 1. The van der Waals surface area contributed by atoms with Gasteiger partial charge in [0.15, 0.2) is 0 Å². The number of rotatable bonds is 3. The third kappa shape index (κ3) is 3.45. The van der Waals surface area contributed by atoms with Crippen LogP contribution in [0.15, 0.2) is 24.3 Å². The summed E-state index contributed by atoms with van der Waals surface area (Å²) in [5.41, 5.74) is -0.643. The van der Waals surface area contributed by atoms with E-state index in [4.69, 9.17) is 11.6 Å². The van der Waals surface area contributed by atoms with E-state index in [-0.39, 0.29) is 11.3 Å². The topological polar surface area (TPSA) is 20.2 Å². The van der Waals surface area contributed by atoms with E-state index in [0.29, 0.717) is 12.3 Å². The van der Waals surface area contributed by atoms with Gasteiger partial charge in [-0.3, -0.25) is 0 Å². The standard InChI is InChI=1S/C11H10ClF3O/c12-6-2-1-3-8-7-9(11(13,14)15)4-5-10(8)16/h1,3-5,7,16H,2,6H2. The summed E-state index contributed by atoms with van der Waals surface area (Å²) in [5, 5.41) is 9.35. The molecule has 1 nitrogen and oxygen atoms in total. The molecule has 0 spiro atoms. The summed E-state index contributed by atoms with van der Waals surface area (Å²) >= 11 is 5.42. The smallest absolute Gasteiger partial charge is 0.416 e. The van der Waals surface area contributed by atoms with Gasteiger partial charge >= 0.3 is 6.18 Å². The second kappa shape index (κ2) is 5.25. The van der Waals surface area contributed by atoms with E-state index in [1.54, 1.807) is 6.08 Å². The number of aromatic hydroxyl groups is 1. The van der Waals surface area contributed by atoms with Crippen LogP contribution in [0.3, 0.4) is 0 Å². The molecule has 0 aliphatic carbocycles. The number of hydrogen-bond donors (Lipinski definition) is 1. The quantitative estimate of drug-likeness (QED) is 0.803. The van der Waals surface area contributed by atoms with Gasteiger partial charge in [-0.1, -0.05) is 12.2 Å². The van der Waals surface area contributed by atoms with Crippen LogP contribution in [0.4, 0.5) is 13.2 Å².